The van der Waals surface area contributed by atoms with Crippen LogP contribution in [-0.2, 0) is 0 Å². The van der Waals surface area contributed by atoms with Crippen molar-refractivity contribution in [1.82, 2.24) is 4.90 Å². The largest absolute Gasteiger partial charge is 0.338 e. The molecule has 0 heterocycles. The van der Waals surface area contributed by atoms with Gasteiger partial charge in [-0.3, -0.25) is 14.9 Å². The number of alkyl halides is 1. The minimum Gasteiger partial charge on any atom is -0.338 e. The lowest BCUT2D eigenvalue weighted by atomic mass is 10.1. The first-order valence-electron chi connectivity index (χ1n) is 5.15. The Bertz CT molecular complexity index is 481. The summed E-state index contributed by atoms with van der Waals surface area (Å²) in [6, 6.07) is 2.75. The van der Waals surface area contributed by atoms with E-state index in [0.29, 0.717) is 5.33 Å². The normalized spacial score (nSPS) is 12.0. The molecule has 1 aromatic carbocycles. The summed E-state index contributed by atoms with van der Waals surface area (Å²) in [6.07, 6.45) is 0. The molecule has 98 valence electrons. The third-order valence-electron chi connectivity index (χ3n) is 2.55. The van der Waals surface area contributed by atoms with Crippen molar-refractivity contribution in [2.75, 3.05) is 12.4 Å². The molecule has 0 radical (unpaired) electrons. The second-order valence-electron chi connectivity index (χ2n) is 3.87. The predicted molar refractivity (Wildman–Crippen MR) is 68.4 cm³/mol. The third kappa shape index (κ3) is 3.25. The van der Waals surface area contributed by atoms with Crippen LogP contribution in [0.2, 0.25) is 0 Å². The first kappa shape index (κ1) is 14.6. The van der Waals surface area contributed by atoms with Crippen molar-refractivity contribution in [3.8, 4) is 0 Å². The van der Waals surface area contributed by atoms with Gasteiger partial charge in [-0.15, -0.1) is 0 Å². The molecule has 0 aliphatic carbocycles. The zero-order valence-electron chi connectivity index (χ0n) is 9.89. The lowest BCUT2D eigenvalue weighted by Gasteiger charge is -2.23. The molecule has 0 aliphatic heterocycles. The van der Waals surface area contributed by atoms with Crippen LogP contribution in [0.3, 0.4) is 0 Å². The zero-order valence-corrected chi connectivity index (χ0v) is 11.5. The van der Waals surface area contributed by atoms with E-state index in [2.05, 4.69) is 15.9 Å². The second-order valence-corrected chi connectivity index (χ2v) is 4.52. The highest BCUT2D eigenvalue weighted by molar-refractivity contribution is 9.09. The molecule has 0 spiro atoms. The molecule has 0 aromatic heterocycles. The SMILES string of the molecule is CC(CBr)N(C)C(=O)c1cc(F)cc([N+](=O)[O-])c1. The summed E-state index contributed by atoms with van der Waals surface area (Å²) < 4.78 is 13.2. The summed E-state index contributed by atoms with van der Waals surface area (Å²) in [5, 5.41) is 11.2. The van der Waals surface area contributed by atoms with Crippen LogP contribution in [0.1, 0.15) is 17.3 Å². The molecular weight excluding hydrogens is 307 g/mol. The van der Waals surface area contributed by atoms with Gasteiger partial charge in [0.2, 0.25) is 0 Å². The van der Waals surface area contributed by atoms with E-state index in [9.17, 15) is 19.3 Å². The maximum absolute atomic E-state index is 13.2. The molecule has 1 aromatic rings. The van der Waals surface area contributed by atoms with Gasteiger partial charge in [-0.2, -0.15) is 0 Å². The van der Waals surface area contributed by atoms with Crippen LogP contribution >= 0.6 is 15.9 Å². The van der Waals surface area contributed by atoms with E-state index in [1.54, 1.807) is 14.0 Å². The van der Waals surface area contributed by atoms with Gasteiger partial charge in [-0.05, 0) is 13.0 Å². The molecule has 18 heavy (non-hydrogen) atoms. The van der Waals surface area contributed by atoms with Crippen LogP contribution in [0, 0.1) is 15.9 Å². The molecule has 7 heteroatoms. The Morgan fingerprint density at radius 1 is 1.56 bits per heavy atom. The van der Waals surface area contributed by atoms with Crippen molar-refractivity contribution in [3.05, 3.63) is 39.7 Å². The summed E-state index contributed by atoms with van der Waals surface area (Å²) in [6.45, 7) is 1.81. The number of benzene rings is 1. The molecule has 0 bridgehead atoms. The topological polar surface area (TPSA) is 63.5 Å². The van der Waals surface area contributed by atoms with Crippen LogP contribution in [0.25, 0.3) is 0 Å². The van der Waals surface area contributed by atoms with Gasteiger partial charge in [-0.25, -0.2) is 4.39 Å². The molecular formula is C11H12BrFN2O3. The number of rotatable bonds is 4. The average molecular weight is 319 g/mol. The van der Waals surface area contributed by atoms with Crippen LogP contribution in [0.15, 0.2) is 18.2 Å². The van der Waals surface area contributed by atoms with Gasteiger partial charge >= 0.3 is 0 Å². The molecule has 1 atom stereocenters. The van der Waals surface area contributed by atoms with Crippen molar-refractivity contribution < 1.29 is 14.1 Å². The van der Waals surface area contributed by atoms with Crippen molar-refractivity contribution in [2.24, 2.45) is 0 Å². The average Bonchev–Trinajstić information content (AvgIpc) is 2.35. The highest BCUT2D eigenvalue weighted by Crippen LogP contribution is 2.18. The van der Waals surface area contributed by atoms with E-state index >= 15 is 0 Å². The van der Waals surface area contributed by atoms with E-state index in [0.717, 1.165) is 18.2 Å². The maximum atomic E-state index is 13.2. The molecule has 1 rings (SSSR count). The van der Waals surface area contributed by atoms with Gasteiger partial charge in [0.25, 0.3) is 11.6 Å². The summed E-state index contributed by atoms with van der Waals surface area (Å²) >= 11 is 3.23. The Kier molecular flexibility index (Phi) is 4.77. The number of nitro groups is 1. The van der Waals surface area contributed by atoms with Gasteiger partial charge in [-0.1, -0.05) is 15.9 Å². The van der Waals surface area contributed by atoms with Crippen LogP contribution < -0.4 is 0 Å². The van der Waals surface area contributed by atoms with Crippen molar-refractivity contribution >= 4 is 27.5 Å². The fourth-order valence-electron chi connectivity index (χ4n) is 1.31. The van der Waals surface area contributed by atoms with E-state index in [-0.39, 0.29) is 11.6 Å². The van der Waals surface area contributed by atoms with E-state index in [4.69, 9.17) is 0 Å². The fraction of sp³-hybridized carbons (Fsp3) is 0.364. The smallest absolute Gasteiger partial charge is 0.273 e. The number of carbonyl (C=O) groups is 1. The minimum absolute atomic E-state index is 0.0306. The Labute approximate surface area is 112 Å². The predicted octanol–water partition coefficient (Wildman–Crippen LogP) is 2.59. The highest BCUT2D eigenvalue weighted by atomic mass is 79.9. The monoisotopic (exact) mass is 318 g/mol. The van der Waals surface area contributed by atoms with E-state index in [1.165, 1.54) is 4.90 Å². The van der Waals surface area contributed by atoms with Crippen molar-refractivity contribution in [2.45, 2.75) is 13.0 Å². The van der Waals surface area contributed by atoms with Gasteiger partial charge in [0.1, 0.15) is 5.82 Å². The van der Waals surface area contributed by atoms with E-state index in [1.807, 2.05) is 0 Å². The van der Waals surface area contributed by atoms with Gasteiger partial charge in [0.15, 0.2) is 0 Å². The minimum atomic E-state index is -0.799. The number of hydrogen-bond donors (Lipinski definition) is 0. The quantitative estimate of drug-likeness (QED) is 0.487. The summed E-state index contributed by atoms with van der Waals surface area (Å²) in [5.41, 5.74) is -0.463. The first-order valence-corrected chi connectivity index (χ1v) is 6.27. The summed E-state index contributed by atoms with van der Waals surface area (Å²) in [7, 11) is 1.56. The highest BCUT2D eigenvalue weighted by Gasteiger charge is 2.20. The summed E-state index contributed by atoms with van der Waals surface area (Å²) in [5.74, 6) is -1.25. The van der Waals surface area contributed by atoms with Crippen molar-refractivity contribution in [3.63, 3.8) is 0 Å². The number of hydrogen-bond acceptors (Lipinski definition) is 3. The Balaban J connectivity index is 3.09. The Morgan fingerprint density at radius 3 is 2.67 bits per heavy atom. The maximum Gasteiger partial charge on any atom is 0.273 e. The summed E-state index contributed by atoms with van der Waals surface area (Å²) in [4.78, 5) is 23.2. The Morgan fingerprint density at radius 2 is 2.17 bits per heavy atom. The second kappa shape index (κ2) is 5.90. The molecule has 0 saturated heterocycles. The number of carbonyl (C=O) groups excluding carboxylic acids is 1. The fourth-order valence-corrected chi connectivity index (χ4v) is 1.74. The molecule has 0 aliphatic rings. The van der Waals surface area contributed by atoms with Gasteiger partial charge in [0, 0.05) is 30.0 Å². The molecule has 0 saturated carbocycles. The lowest BCUT2D eigenvalue weighted by molar-refractivity contribution is -0.385. The Hall–Kier alpha value is -1.50. The van der Waals surface area contributed by atoms with Crippen LogP contribution in [0.4, 0.5) is 10.1 Å². The molecule has 1 amide bonds. The standard InChI is InChI=1S/C11H12BrFN2O3/c1-7(6-12)14(2)11(16)8-3-9(13)5-10(4-8)15(17)18/h3-5,7H,6H2,1-2H3. The zero-order chi connectivity index (χ0) is 13.9. The third-order valence-corrected chi connectivity index (χ3v) is 3.48. The van der Waals surface area contributed by atoms with Crippen molar-refractivity contribution in [1.29, 1.82) is 0 Å². The number of amides is 1. The molecule has 0 fully saturated rings. The van der Waals surface area contributed by atoms with E-state index < -0.39 is 22.3 Å². The van der Waals surface area contributed by atoms with Crippen LogP contribution in [-0.4, -0.2) is 34.2 Å². The van der Waals surface area contributed by atoms with Gasteiger partial charge < -0.3 is 4.90 Å². The number of non-ortho nitro benzene ring substituents is 1. The number of nitro benzene ring substituents is 1. The molecule has 1 unspecified atom stereocenters. The van der Waals surface area contributed by atoms with Gasteiger partial charge in [0.05, 0.1) is 11.0 Å². The first-order chi connectivity index (χ1) is 8.36. The number of halogens is 2. The molecule has 0 N–H and O–H groups in total. The molecule has 5 nitrogen and oxygen atoms in total. The van der Waals surface area contributed by atoms with Crippen LogP contribution in [0.5, 0.6) is 0 Å². The number of nitrogens with zero attached hydrogens (tertiary/aromatic N) is 2. The lowest BCUT2D eigenvalue weighted by Crippen LogP contribution is -2.36.